The standard InChI is InChI=1S/C13H14N2O2/c1-9(2)8-17-13(16)12-7-10-5-3-4-6-11(10)14-15-12/h3-7,9H,8H2,1-2H3. The van der Waals surface area contributed by atoms with E-state index >= 15 is 0 Å². The van der Waals surface area contributed by atoms with Crippen LogP contribution < -0.4 is 0 Å². The lowest BCUT2D eigenvalue weighted by atomic mass is 10.2. The Bertz CT molecular complexity index is 538. The summed E-state index contributed by atoms with van der Waals surface area (Å²) >= 11 is 0. The van der Waals surface area contributed by atoms with Gasteiger partial charge in [-0.2, -0.15) is 0 Å². The molecule has 0 fully saturated rings. The van der Waals surface area contributed by atoms with Crippen molar-refractivity contribution in [2.24, 2.45) is 5.92 Å². The highest BCUT2D eigenvalue weighted by atomic mass is 16.5. The van der Waals surface area contributed by atoms with Gasteiger partial charge in [-0.3, -0.25) is 0 Å². The van der Waals surface area contributed by atoms with Gasteiger partial charge in [0.1, 0.15) is 0 Å². The lowest BCUT2D eigenvalue weighted by Gasteiger charge is -2.06. The van der Waals surface area contributed by atoms with E-state index in [0.717, 1.165) is 10.9 Å². The van der Waals surface area contributed by atoms with Crippen LogP contribution in [0.15, 0.2) is 30.3 Å². The van der Waals surface area contributed by atoms with E-state index in [1.807, 2.05) is 38.1 Å². The highest BCUT2D eigenvalue weighted by molar-refractivity contribution is 5.91. The van der Waals surface area contributed by atoms with Crippen molar-refractivity contribution in [2.45, 2.75) is 13.8 Å². The summed E-state index contributed by atoms with van der Waals surface area (Å²) in [6.45, 7) is 4.37. The lowest BCUT2D eigenvalue weighted by Crippen LogP contribution is -2.12. The number of aromatic nitrogens is 2. The van der Waals surface area contributed by atoms with E-state index in [-0.39, 0.29) is 5.69 Å². The SMILES string of the molecule is CC(C)COC(=O)c1cc2ccccc2nn1. The van der Waals surface area contributed by atoms with Gasteiger partial charge in [0, 0.05) is 5.39 Å². The Labute approximate surface area is 99.6 Å². The highest BCUT2D eigenvalue weighted by Gasteiger charge is 2.11. The van der Waals surface area contributed by atoms with Gasteiger partial charge in [0.05, 0.1) is 12.1 Å². The minimum atomic E-state index is -0.419. The Morgan fingerprint density at radius 2 is 2.06 bits per heavy atom. The van der Waals surface area contributed by atoms with Crippen LogP contribution >= 0.6 is 0 Å². The number of benzene rings is 1. The zero-order chi connectivity index (χ0) is 12.3. The summed E-state index contributed by atoms with van der Waals surface area (Å²) in [5, 5.41) is 8.73. The fourth-order valence-electron chi connectivity index (χ4n) is 1.40. The first kappa shape index (κ1) is 11.5. The van der Waals surface area contributed by atoms with Crippen molar-refractivity contribution in [1.82, 2.24) is 10.2 Å². The van der Waals surface area contributed by atoms with Crippen molar-refractivity contribution in [1.29, 1.82) is 0 Å². The number of ether oxygens (including phenoxy) is 1. The molecule has 2 rings (SSSR count). The van der Waals surface area contributed by atoms with Crippen LogP contribution in [0.25, 0.3) is 10.9 Å². The smallest absolute Gasteiger partial charge is 0.358 e. The molecule has 4 nitrogen and oxygen atoms in total. The summed E-state index contributed by atoms with van der Waals surface area (Å²) in [6, 6.07) is 9.22. The van der Waals surface area contributed by atoms with Gasteiger partial charge in [-0.15, -0.1) is 10.2 Å². The van der Waals surface area contributed by atoms with Crippen molar-refractivity contribution >= 4 is 16.9 Å². The third-order valence-electron chi connectivity index (χ3n) is 2.25. The molecular formula is C13H14N2O2. The molecule has 1 aromatic heterocycles. The van der Waals surface area contributed by atoms with Crippen molar-refractivity contribution in [3.05, 3.63) is 36.0 Å². The highest BCUT2D eigenvalue weighted by Crippen LogP contribution is 2.11. The monoisotopic (exact) mass is 230 g/mol. The number of hydrogen-bond donors (Lipinski definition) is 0. The molecule has 0 saturated carbocycles. The zero-order valence-corrected chi connectivity index (χ0v) is 9.88. The average molecular weight is 230 g/mol. The predicted octanol–water partition coefficient (Wildman–Crippen LogP) is 2.44. The molecule has 0 aliphatic rings. The van der Waals surface area contributed by atoms with E-state index in [4.69, 9.17) is 4.74 Å². The number of esters is 1. The molecule has 1 heterocycles. The van der Waals surface area contributed by atoms with E-state index in [1.54, 1.807) is 6.07 Å². The first-order chi connectivity index (χ1) is 8.16. The molecule has 0 amide bonds. The van der Waals surface area contributed by atoms with Crippen LogP contribution in [-0.4, -0.2) is 22.8 Å². The normalized spacial score (nSPS) is 10.8. The molecule has 0 N–H and O–H groups in total. The van der Waals surface area contributed by atoms with Crippen LogP contribution in [0.4, 0.5) is 0 Å². The Hall–Kier alpha value is -1.97. The Kier molecular flexibility index (Phi) is 3.32. The third-order valence-corrected chi connectivity index (χ3v) is 2.25. The number of carbonyl (C=O) groups excluding carboxylic acids is 1. The molecule has 0 bridgehead atoms. The van der Waals surface area contributed by atoms with Crippen LogP contribution in [0.2, 0.25) is 0 Å². The molecule has 4 heteroatoms. The van der Waals surface area contributed by atoms with Crippen LogP contribution in [0.3, 0.4) is 0 Å². The summed E-state index contributed by atoms with van der Waals surface area (Å²) in [5.41, 5.74) is 1.03. The zero-order valence-electron chi connectivity index (χ0n) is 9.88. The molecule has 0 saturated heterocycles. The molecule has 88 valence electrons. The number of nitrogens with zero attached hydrogens (tertiary/aromatic N) is 2. The molecule has 0 radical (unpaired) electrons. The predicted molar refractivity (Wildman–Crippen MR) is 64.7 cm³/mol. The Morgan fingerprint density at radius 3 is 2.82 bits per heavy atom. The molecule has 0 aliphatic heterocycles. The van der Waals surface area contributed by atoms with E-state index in [0.29, 0.717) is 12.5 Å². The first-order valence-corrected chi connectivity index (χ1v) is 5.56. The largest absolute Gasteiger partial charge is 0.461 e. The fraction of sp³-hybridized carbons (Fsp3) is 0.308. The van der Waals surface area contributed by atoms with Gasteiger partial charge < -0.3 is 4.74 Å². The first-order valence-electron chi connectivity index (χ1n) is 5.56. The quantitative estimate of drug-likeness (QED) is 0.760. The van der Waals surface area contributed by atoms with Crippen LogP contribution in [-0.2, 0) is 4.74 Å². The van der Waals surface area contributed by atoms with Gasteiger partial charge in [0.25, 0.3) is 0 Å². The summed E-state index contributed by atoms with van der Waals surface area (Å²) in [7, 11) is 0. The molecule has 0 atom stereocenters. The topological polar surface area (TPSA) is 52.1 Å². The van der Waals surface area contributed by atoms with Crippen molar-refractivity contribution in [2.75, 3.05) is 6.61 Å². The molecule has 0 spiro atoms. The minimum Gasteiger partial charge on any atom is -0.461 e. The van der Waals surface area contributed by atoms with Gasteiger partial charge in [-0.1, -0.05) is 32.0 Å². The average Bonchev–Trinajstić information content (AvgIpc) is 2.35. The van der Waals surface area contributed by atoms with E-state index < -0.39 is 5.97 Å². The second-order valence-corrected chi connectivity index (χ2v) is 4.28. The molecular weight excluding hydrogens is 216 g/mol. The number of fused-ring (bicyclic) bond motifs is 1. The van der Waals surface area contributed by atoms with Crippen LogP contribution in [0, 0.1) is 5.92 Å². The maximum atomic E-state index is 11.7. The maximum Gasteiger partial charge on any atom is 0.358 e. The van der Waals surface area contributed by atoms with Gasteiger partial charge in [0.15, 0.2) is 5.69 Å². The summed E-state index contributed by atoms with van der Waals surface area (Å²) in [5.74, 6) is -0.107. The Balaban J connectivity index is 2.21. The fourth-order valence-corrected chi connectivity index (χ4v) is 1.40. The van der Waals surface area contributed by atoms with Gasteiger partial charge in [-0.05, 0) is 18.1 Å². The van der Waals surface area contributed by atoms with Gasteiger partial charge in [-0.25, -0.2) is 4.79 Å². The van der Waals surface area contributed by atoms with E-state index in [9.17, 15) is 4.79 Å². The summed E-state index contributed by atoms with van der Waals surface area (Å²) in [4.78, 5) is 11.7. The molecule has 17 heavy (non-hydrogen) atoms. The minimum absolute atomic E-state index is 0.254. The summed E-state index contributed by atoms with van der Waals surface area (Å²) in [6.07, 6.45) is 0. The third kappa shape index (κ3) is 2.78. The molecule has 0 aliphatic carbocycles. The van der Waals surface area contributed by atoms with Crippen LogP contribution in [0.1, 0.15) is 24.3 Å². The van der Waals surface area contributed by atoms with E-state index in [2.05, 4.69) is 10.2 Å². The van der Waals surface area contributed by atoms with Crippen molar-refractivity contribution in [3.63, 3.8) is 0 Å². The van der Waals surface area contributed by atoms with Crippen LogP contribution in [0.5, 0.6) is 0 Å². The Morgan fingerprint density at radius 1 is 1.29 bits per heavy atom. The maximum absolute atomic E-state index is 11.7. The summed E-state index contributed by atoms with van der Waals surface area (Å²) < 4.78 is 5.10. The van der Waals surface area contributed by atoms with E-state index in [1.165, 1.54) is 0 Å². The number of hydrogen-bond acceptors (Lipinski definition) is 4. The molecule has 0 unspecified atom stereocenters. The second-order valence-electron chi connectivity index (χ2n) is 4.28. The van der Waals surface area contributed by atoms with Crippen molar-refractivity contribution in [3.8, 4) is 0 Å². The van der Waals surface area contributed by atoms with Crippen molar-refractivity contribution < 1.29 is 9.53 Å². The number of carbonyl (C=O) groups is 1. The molecule has 1 aromatic carbocycles. The second kappa shape index (κ2) is 4.91. The van der Waals surface area contributed by atoms with Gasteiger partial charge in [0.2, 0.25) is 0 Å². The molecule has 2 aromatic rings. The van der Waals surface area contributed by atoms with Gasteiger partial charge >= 0.3 is 5.97 Å². The lowest BCUT2D eigenvalue weighted by molar-refractivity contribution is 0.0451. The number of rotatable bonds is 3.